The summed E-state index contributed by atoms with van der Waals surface area (Å²) in [7, 11) is 0. The van der Waals surface area contributed by atoms with E-state index >= 15 is 0 Å². The SMILES string of the molecule is O=[N+]([O-])c1cc([N+](=O)[O-])cc(C(F)(C(F)(F)F)C(F)(F)F)c1. The molecule has 0 saturated carbocycles. The Hall–Kier alpha value is -2.47. The number of rotatable bonds is 3. The molecule has 0 saturated heterocycles. The van der Waals surface area contributed by atoms with Crippen LogP contribution in [0.15, 0.2) is 18.2 Å². The molecule has 0 radical (unpaired) electrons. The first-order chi connectivity index (χ1) is 9.71. The molecule has 0 amide bonds. The van der Waals surface area contributed by atoms with E-state index in [1.54, 1.807) is 0 Å². The summed E-state index contributed by atoms with van der Waals surface area (Å²) in [5, 5.41) is 20.9. The lowest BCUT2D eigenvalue weighted by atomic mass is 9.93. The summed E-state index contributed by atoms with van der Waals surface area (Å²) in [6.07, 6.45) is -13.1. The predicted octanol–water partition coefficient (Wildman–Crippen LogP) is 3.79. The highest BCUT2D eigenvalue weighted by atomic mass is 19.4. The largest absolute Gasteiger partial charge is 0.435 e. The van der Waals surface area contributed by atoms with Gasteiger partial charge in [-0.3, -0.25) is 20.2 Å². The fourth-order valence-corrected chi connectivity index (χ4v) is 1.49. The second kappa shape index (κ2) is 5.06. The third-order valence-electron chi connectivity index (χ3n) is 2.50. The van der Waals surface area contributed by atoms with Gasteiger partial charge in [0.1, 0.15) is 0 Å². The normalized spacial score (nSPS) is 13.0. The monoisotopic (exact) mass is 336 g/mol. The summed E-state index contributed by atoms with van der Waals surface area (Å²) < 4.78 is 88.8. The van der Waals surface area contributed by atoms with Crippen molar-refractivity contribution in [1.82, 2.24) is 0 Å². The number of hydrogen-bond donors (Lipinski definition) is 0. The van der Waals surface area contributed by atoms with Crippen molar-refractivity contribution in [3.63, 3.8) is 0 Å². The van der Waals surface area contributed by atoms with Gasteiger partial charge < -0.3 is 0 Å². The maximum absolute atomic E-state index is 13.7. The smallest absolute Gasteiger partial charge is 0.258 e. The molecule has 0 aliphatic carbocycles. The standard InChI is InChI=1S/C9H3F7N2O4/c10-7(8(11,12)13,9(14,15)16)4-1-5(17(19)20)3-6(2-4)18(21)22/h1-3H. The molecule has 22 heavy (non-hydrogen) atoms. The van der Waals surface area contributed by atoms with E-state index in [-0.39, 0.29) is 18.2 Å². The average molecular weight is 336 g/mol. The lowest BCUT2D eigenvalue weighted by Crippen LogP contribution is -2.50. The molecule has 13 heteroatoms. The van der Waals surface area contributed by atoms with Gasteiger partial charge in [0.2, 0.25) is 0 Å². The Balaban J connectivity index is 3.77. The van der Waals surface area contributed by atoms with Gasteiger partial charge in [0.15, 0.2) is 0 Å². The Bertz CT molecular complexity index is 579. The highest BCUT2D eigenvalue weighted by molar-refractivity contribution is 5.49. The van der Waals surface area contributed by atoms with Gasteiger partial charge in [0.25, 0.3) is 11.4 Å². The molecule has 0 spiro atoms. The summed E-state index contributed by atoms with van der Waals surface area (Å²) in [5.74, 6) is 0. The minimum absolute atomic E-state index is 0.108. The number of benzene rings is 1. The first-order valence-electron chi connectivity index (χ1n) is 4.98. The zero-order valence-electron chi connectivity index (χ0n) is 9.91. The van der Waals surface area contributed by atoms with Crippen molar-refractivity contribution in [1.29, 1.82) is 0 Å². The molecule has 0 aromatic heterocycles. The van der Waals surface area contributed by atoms with Crippen LogP contribution in [0.2, 0.25) is 0 Å². The van der Waals surface area contributed by atoms with Crippen LogP contribution in [-0.2, 0) is 5.67 Å². The molecular weight excluding hydrogens is 333 g/mol. The zero-order valence-corrected chi connectivity index (χ0v) is 9.91. The molecule has 0 aliphatic rings. The van der Waals surface area contributed by atoms with E-state index in [2.05, 4.69) is 0 Å². The van der Waals surface area contributed by atoms with Crippen LogP contribution in [-0.4, -0.2) is 22.2 Å². The molecule has 0 fully saturated rings. The fourth-order valence-electron chi connectivity index (χ4n) is 1.49. The van der Waals surface area contributed by atoms with Crippen molar-refractivity contribution >= 4 is 11.4 Å². The quantitative estimate of drug-likeness (QED) is 0.477. The third kappa shape index (κ3) is 2.78. The van der Waals surface area contributed by atoms with Crippen molar-refractivity contribution < 1.29 is 40.6 Å². The lowest BCUT2D eigenvalue weighted by Gasteiger charge is -2.29. The van der Waals surface area contributed by atoms with Crippen molar-refractivity contribution in [2.75, 3.05) is 0 Å². The Morgan fingerprint density at radius 1 is 0.727 bits per heavy atom. The van der Waals surface area contributed by atoms with Crippen LogP contribution in [0.3, 0.4) is 0 Å². The first-order valence-corrected chi connectivity index (χ1v) is 4.98. The highest BCUT2D eigenvalue weighted by Crippen LogP contribution is 2.54. The first kappa shape index (κ1) is 17.6. The second-order valence-corrected chi connectivity index (χ2v) is 3.91. The summed E-state index contributed by atoms with van der Waals surface area (Å²) in [6.45, 7) is 0. The molecule has 0 unspecified atom stereocenters. The molecule has 0 bridgehead atoms. The molecular formula is C9H3F7N2O4. The van der Waals surface area contributed by atoms with E-state index in [1.165, 1.54) is 0 Å². The number of hydrogen-bond acceptors (Lipinski definition) is 4. The molecule has 1 rings (SSSR count). The van der Waals surface area contributed by atoms with Crippen molar-refractivity contribution in [2.24, 2.45) is 0 Å². The predicted molar refractivity (Wildman–Crippen MR) is 54.6 cm³/mol. The van der Waals surface area contributed by atoms with Gasteiger partial charge >= 0.3 is 18.0 Å². The van der Waals surface area contributed by atoms with Gasteiger partial charge in [-0.05, 0) is 0 Å². The second-order valence-electron chi connectivity index (χ2n) is 3.91. The van der Waals surface area contributed by atoms with Crippen molar-refractivity contribution in [3.05, 3.63) is 44.0 Å². The van der Waals surface area contributed by atoms with Crippen LogP contribution < -0.4 is 0 Å². The maximum atomic E-state index is 13.7. The number of non-ortho nitro benzene ring substituents is 2. The van der Waals surface area contributed by atoms with E-state index in [0.29, 0.717) is 0 Å². The van der Waals surface area contributed by atoms with Crippen LogP contribution in [0, 0.1) is 20.2 Å². The molecule has 0 atom stereocenters. The van der Waals surface area contributed by atoms with Gasteiger partial charge in [-0.15, -0.1) is 0 Å². The van der Waals surface area contributed by atoms with Gasteiger partial charge in [-0.2, -0.15) is 26.3 Å². The Morgan fingerprint density at radius 3 is 1.27 bits per heavy atom. The zero-order chi connectivity index (χ0) is 17.5. The fraction of sp³-hybridized carbons (Fsp3) is 0.333. The minimum Gasteiger partial charge on any atom is -0.258 e. The summed E-state index contributed by atoms with van der Waals surface area (Å²) in [6, 6.07) is -0.599. The number of halogens is 7. The van der Waals surface area contributed by atoms with Crippen molar-refractivity contribution in [2.45, 2.75) is 18.0 Å². The number of nitro groups is 2. The van der Waals surface area contributed by atoms with E-state index in [0.717, 1.165) is 0 Å². The average Bonchev–Trinajstić information content (AvgIpc) is 2.34. The van der Waals surface area contributed by atoms with Gasteiger partial charge in [0.05, 0.1) is 15.9 Å². The Labute approximate surface area is 115 Å². The third-order valence-corrected chi connectivity index (χ3v) is 2.50. The number of nitrogens with zero attached hydrogens (tertiary/aromatic N) is 2. The van der Waals surface area contributed by atoms with Crippen LogP contribution in [0.5, 0.6) is 0 Å². The minimum atomic E-state index is -6.53. The van der Waals surface area contributed by atoms with Crippen LogP contribution in [0.25, 0.3) is 0 Å². The molecule has 0 heterocycles. The maximum Gasteiger partial charge on any atom is 0.435 e. The molecule has 122 valence electrons. The molecule has 1 aromatic rings. The lowest BCUT2D eigenvalue weighted by molar-refractivity contribution is -0.395. The van der Waals surface area contributed by atoms with Gasteiger partial charge in [-0.25, -0.2) is 4.39 Å². The number of alkyl halides is 7. The van der Waals surface area contributed by atoms with E-state index in [1.807, 2.05) is 0 Å². The molecule has 6 nitrogen and oxygen atoms in total. The Kier molecular flexibility index (Phi) is 4.05. The van der Waals surface area contributed by atoms with E-state index in [9.17, 15) is 51.0 Å². The van der Waals surface area contributed by atoms with Crippen LogP contribution >= 0.6 is 0 Å². The van der Waals surface area contributed by atoms with E-state index in [4.69, 9.17) is 0 Å². The highest BCUT2D eigenvalue weighted by Gasteiger charge is 2.74. The van der Waals surface area contributed by atoms with Gasteiger partial charge in [0, 0.05) is 17.7 Å². The van der Waals surface area contributed by atoms with Crippen LogP contribution in [0.4, 0.5) is 42.1 Å². The summed E-state index contributed by atoms with van der Waals surface area (Å²) >= 11 is 0. The van der Waals surface area contributed by atoms with Gasteiger partial charge in [-0.1, -0.05) is 0 Å². The number of nitro benzene ring substituents is 2. The molecule has 0 N–H and O–H groups in total. The molecule has 0 aliphatic heterocycles. The topological polar surface area (TPSA) is 86.3 Å². The summed E-state index contributed by atoms with van der Waals surface area (Å²) in [5.41, 5.74) is -11.3. The van der Waals surface area contributed by atoms with Crippen molar-refractivity contribution in [3.8, 4) is 0 Å². The van der Waals surface area contributed by atoms with E-state index < -0.39 is 44.8 Å². The molecule has 1 aromatic carbocycles. The Morgan fingerprint density at radius 2 is 1.05 bits per heavy atom. The van der Waals surface area contributed by atoms with Crippen LogP contribution in [0.1, 0.15) is 5.56 Å². The summed E-state index contributed by atoms with van der Waals surface area (Å²) in [4.78, 5) is 17.9.